The average molecular weight is 416 g/mol. The van der Waals surface area contributed by atoms with Gasteiger partial charge < -0.3 is 14.8 Å². The molecule has 0 spiro atoms. The van der Waals surface area contributed by atoms with Crippen molar-refractivity contribution < 1.29 is 22.7 Å². The number of carbonyl (C=O) groups excluding carboxylic acids is 1. The van der Waals surface area contributed by atoms with Crippen LogP contribution >= 0.6 is 0 Å². The minimum absolute atomic E-state index is 0.0425. The van der Waals surface area contributed by atoms with Crippen molar-refractivity contribution in [1.29, 1.82) is 0 Å². The third-order valence-corrected chi connectivity index (χ3v) is 7.13. The van der Waals surface area contributed by atoms with Crippen molar-refractivity contribution in [3.8, 4) is 11.5 Å². The van der Waals surface area contributed by atoms with Gasteiger partial charge in [0, 0.05) is 19.0 Å². The molecular weight excluding hydrogens is 392 g/mol. The highest BCUT2D eigenvalue weighted by Crippen LogP contribution is 2.40. The maximum atomic E-state index is 13.0. The highest BCUT2D eigenvalue weighted by molar-refractivity contribution is 7.89. The Kier molecular flexibility index (Phi) is 5.58. The van der Waals surface area contributed by atoms with Crippen molar-refractivity contribution in [3.05, 3.63) is 48.5 Å². The Morgan fingerprint density at radius 3 is 2.48 bits per heavy atom. The van der Waals surface area contributed by atoms with Crippen LogP contribution in [0.25, 0.3) is 0 Å². The molecule has 154 valence electrons. The Balaban J connectivity index is 1.65. The summed E-state index contributed by atoms with van der Waals surface area (Å²) >= 11 is 0. The zero-order valence-corrected chi connectivity index (χ0v) is 17.0. The first-order valence-electron chi connectivity index (χ1n) is 9.71. The summed E-state index contributed by atoms with van der Waals surface area (Å²) in [7, 11) is -3.68. The Morgan fingerprint density at radius 1 is 1.14 bits per heavy atom. The molecule has 0 radical (unpaired) electrons. The van der Waals surface area contributed by atoms with Gasteiger partial charge in [-0.15, -0.1) is 0 Å². The third-order valence-electron chi connectivity index (χ3n) is 5.23. The van der Waals surface area contributed by atoms with Crippen LogP contribution in [0.2, 0.25) is 0 Å². The first-order valence-corrected chi connectivity index (χ1v) is 11.1. The molecule has 0 bridgehead atoms. The SMILES string of the molecule is CC1CC1C(=O)Nc1cc(S(=O)(=O)N2CCOCC2)ccc1Oc1ccccc1. The fourth-order valence-corrected chi connectivity index (χ4v) is 4.76. The number of hydrogen-bond donors (Lipinski definition) is 1. The van der Waals surface area contributed by atoms with Gasteiger partial charge in [-0.3, -0.25) is 4.79 Å². The molecule has 1 amide bonds. The Labute approximate surface area is 170 Å². The number of anilines is 1. The van der Waals surface area contributed by atoms with Crippen molar-refractivity contribution >= 4 is 21.6 Å². The van der Waals surface area contributed by atoms with Crippen LogP contribution in [0, 0.1) is 11.8 Å². The Morgan fingerprint density at radius 2 is 1.83 bits per heavy atom. The molecule has 4 rings (SSSR count). The van der Waals surface area contributed by atoms with Gasteiger partial charge >= 0.3 is 0 Å². The van der Waals surface area contributed by atoms with Crippen molar-refractivity contribution in [3.63, 3.8) is 0 Å². The lowest BCUT2D eigenvalue weighted by atomic mass is 10.2. The van der Waals surface area contributed by atoms with Crippen molar-refractivity contribution in [1.82, 2.24) is 4.31 Å². The lowest BCUT2D eigenvalue weighted by Gasteiger charge is -2.26. The van der Waals surface area contributed by atoms with Gasteiger partial charge in [0.2, 0.25) is 15.9 Å². The number of nitrogens with zero attached hydrogens (tertiary/aromatic N) is 1. The number of para-hydroxylation sites is 1. The molecule has 7 nitrogen and oxygen atoms in total. The summed E-state index contributed by atoms with van der Waals surface area (Å²) in [5.74, 6) is 1.19. The normalized spacial score (nSPS) is 22.1. The third kappa shape index (κ3) is 4.44. The summed E-state index contributed by atoms with van der Waals surface area (Å²) in [6.45, 7) is 3.39. The number of benzene rings is 2. The van der Waals surface area contributed by atoms with E-state index in [1.807, 2.05) is 25.1 Å². The molecule has 1 N–H and O–H groups in total. The number of sulfonamides is 1. The molecule has 29 heavy (non-hydrogen) atoms. The van der Waals surface area contributed by atoms with Gasteiger partial charge in [-0.1, -0.05) is 25.1 Å². The van der Waals surface area contributed by atoms with E-state index in [9.17, 15) is 13.2 Å². The van der Waals surface area contributed by atoms with Gasteiger partial charge in [0.25, 0.3) is 0 Å². The summed E-state index contributed by atoms with van der Waals surface area (Å²) in [5.41, 5.74) is 0.354. The summed E-state index contributed by atoms with van der Waals surface area (Å²) in [6, 6.07) is 13.7. The largest absolute Gasteiger partial charge is 0.455 e. The summed E-state index contributed by atoms with van der Waals surface area (Å²) in [5, 5.41) is 2.87. The van der Waals surface area contributed by atoms with Crippen molar-refractivity contribution in [2.45, 2.75) is 18.2 Å². The van der Waals surface area contributed by atoms with Gasteiger partial charge in [0.1, 0.15) is 5.75 Å². The van der Waals surface area contributed by atoms with Gasteiger partial charge in [-0.25, -0.2) is 8.42 Å². The standard InChI is InChI=1S/C21H24N2O5S/c1-15-13-18(15)21(24)22-19-14-17(29(25,26)23-9-11-27-12-10-23)7-8-20(19)28-16-5-3-2-4-6-16/h2-8,14-15,18H,9-13H2,1H3,(H,22,24). The van der Waals surface area contributed by atoms with Crippen LogP contribution < -0.4 is 10.1 Å². The monoisotopic (exact) mass is 416 g/mol. The van der Waals surface area contributed by atoms with Crippen LogP contribution in [0.3, 0.4) is 0 Å². The number of morpholine rings is 1. The second-order valence-corrected chi connectivity index (χ2v) is 9.34. The molecule has 1 saturated heterocycles. The lowest BCUT2D eigenvalue weighted by Crippen LogP contribution is -2.40. The second-order valence-electron chi connectivity index (χ2n) is 7.40. The molecule has 1 aliphatic heterocycles. The number of rotatable bonds is 6. The minimum Gasteiger partial charge on any atom is -0.455 e. The predicted molar refractivity (Wildman–Crippen MR) is 108 cm³/mol. The Bertz CT molecular complexity index is 987. The van der Waals surface area contributed by atoms with Crippen LogP contribution in [0.15, 0.2) is 53.4 Å². The minimum atomic E-state index is -3.68. The van der Waals surface area contributed by atoms with Crippen LogP contribution in [0.1, 0.15) is 13.3 Å². The topological polar surface area (TPSA) is 84.9 Å². The predicted octanol–water partition coefficient (Wildman–Crippen LogP) is 3.09. The Hall–Kier alpha value is -2.42. The van der Waals surface area contributed by atoms with E-state index in [-0.39, 0.29) is 16.7 Å². The van der Waals surface area contributed by atoms with E-state index in [1.54, 1.807) is 18.2 Å². The number of nitrogens with one attached hydrogen (secondary N) is 1. The highest BCUT2D eigenvalue weighted by atomic mass is 32.2. The fraction of sp³-hybridized carbons (Fsp3) is 0.381. The maximum absolute atomic E-state index is 13.0. The molecule has 2 aromatic rings. The maximum Gasteiger partial charge on any atom is 0.243 e. The van der Waals surface area contributed by atoms with Gasteiger partial charge in [-0.05, 0) is 42.7 Å². The van der Waals surface area contributed by atoms with Gasteiger partial charge in [0.15, 0.2) is 5.75 Å². The molecule has 1 heterocycles. The fourth-order valence-electron chi connectivity index (χ4n) is 3.32. The first kappa shape index (κ1) is 19.9. The molecule has 2 aliphatic rings. The van der Waals surface area contributed by atoms with Gasteiger partial charge in [0.05, 0.1) is 23.8 Å². The van der Waals surface area contributed by atoms with E-state index in [0.717, 1.165) is 6.42 Å². The van der Waals surface area contributed by atoms with Gasteiger partial charge in [-0.2, -0.15) is 4.31 Å². The first-order chi connectivity index (χ1) is 13.9. The lowest BCUT2D eigenvalue weighted by molar-refractivity contribution is -0.117. The van der Waals surface area contributed by atoms with E-state index in [2.05, 4.69) is 5.32 Å². The quantitative estimate of drug-likeness (QED) is 0.782. The molecule has 1 saturated carbocycles. The molecule has 2 aromatic carbocycles. The number of carbonyl (C=O) groups is 1. The summed E-state index contributed by atoms with van der Waals surface area (Å²) < 4.78 is 38.6. The highest BCUT2D eigenvalue weighted by Gasteiger charge is 2.39. The van der Waals surface area contributed by atoms with Crippen molar-refractivity contribution in [2.75, 3.05) is 31.6 Å². The zero-order valence-electron chi connectivity index (χ0n) is 16.2. The smallest absolute Gasteiger partial charge is 0.243 e. The molecule has 2 atom stereocenters. The van der Waals surface area contributed by atoms with E-state index in [4.69, 9.17) is 9.47 Å². The molecule has 8 heteroatoms. The van der Waals surface area contributed by atoms with E-state index in [0.29, 0.717) is 49.4 Å². The zero-order chi connectivity index (χ0) is 20.4. The van der Waals surface area contributed by atoms with E-state index >= 15 is 0 Å². The van der Waals surface area contributed by atoms with Crippen LogP contribution in [0.5, 0.6) is 11.5 Å². The number of hydrogen-bond acceptors (Lipinski definition) is 5. The number of ether oxygens (including phenoxy) is 2. The second kappa shape index (κ2) is 8.14. The molecule has 0 aromatic heterocycles. The van der Waals surface area contributed by atoms with Crippen molar-refractivity contribution in [2.24, 2.45) is 11.8 Å². The summed E-state index contributed by atoms with van der Waals surface area (Å²) in [6.07, 6.45) is 0.840. The van der Waals surface area contributed by atoms with E-state index in [1.165, 1.54) is 16.4 Å². The van der Waals surface area contributed by atoms with Crippen LogP contribution in [-0.4, -0.2) is 44.9 Å². The molecule has 2 unspecified atom stereocenters. The van der Waals surface area contributed by atoms with Crippen LogP contribution in [0.4, 0.5) is 5.69 Å². The molecular formula is C21H24N2O5S. The van der Waals surface area contributed by atoms with Crippen LogP contribution in [-0.2, 0) is 19.6 Å². The number of amides is 1. The van der Waals surface area contributed by atoms with E-state index < -0.39 is 10.0 Å². The molecule has 2 fully saturated rings. The molecule has 1 aliphatic carbocycles. The summed E-state index contributed by atoms with van der Waals surface area (Å²) in [4.78, 5) is 12.6. The average Bonchev–Trinajstić information content (AvgIpc) is 3.47.